The number of unbranched alkanes of at least 4 members (excludes halogenated alkanes) is 1. The van der Waals surface area contributed by atoms with Crippen molar-refractivity contribution in [2.24, 2.45) is 7.05 Å². The molecule has 1 N–H and O–H groups in total. The van der Waals surface area contributed by atoms with Gasteiger partial charge in [0.05, 0.1) is 13.1 Å². The third kappa shape index (κ3) is 4.80. The molecule has 0 saturated carbocycles. The number of aryl methyl sites for hydroxylation is 2. The maximum atomic E-state index is 12.5. The number of carbonyl (C=O) groups is 1. The second-order valence-electron chi connectivity index (χ2n) is 9.02. The maximum absolute atomic E-state index is 12.5. The number of aromatic nitrogens is 4. The molecule has 2 aromatic rings. The van der Waals surface area contributed by atoms with Gasteiger partial charge in [0, 0.05) is 39.8 Å². The standard InChI is InChI=1S/C22H35N7O3/c1-3-4-12-29-20-19(21(31)24-22(29)32)25(2)17(23-20)15-26-8-7-9-27(14-13-26)16-18(30)28-10-5-6-11-28/h3-16H2,1-2H3,(H,24,31,32). The number of likely N-dealkylation sites (tertiary alicyclic amines) is 1. The van der Waals surface area contributed by atoms with Gasteiger partial charge in [-0.05, 0) is 38.8 Å². The van der Waals surface area contributed by atoms with Crippen molar-refractivity contribution >= 4 is 17.1 Å². The number of fused-ring (bicyclic) bond motifs is 1. The number of carbonyl (C=O) groups excluding carboxylic acids is 1. The number of imidazole rings is 1. The van der Waals surface area contributed by atoms with Crippen molar-refractivity contribution in [3.05, 3.63) is 26.7 Å². The first-order valence-corrected chi connectivity index (χ1v) is 11.9. The van der Waals surface area contributed by atoms with Gasteiger partial charge in [-0.2, -0.15) is 0 Å². The molecule has 0 spiro atoms. The molecule has 0 bridgehead atoms. The van der Waals surface area contributed by atoms with Crippen molar-refractivity contribution in [3.63, 3.8) is 0 Å². The van der Waals surface area contributed by atoms with Crippen LogP contribution in [0.1, 0.15) is 44.9 Å². The van der Waals surface area contributed by atoms with Gasteiger partial charge >= 0.3 is 5.69 Å². The quantitative estimate of drug-likeness (QED) is 0.660. The summed E-state index contributed by atoms with van der Waals surface area (Å²) < 4.78 is 3.40. The number of H-pyrrole nitrogens is 1. The van der Waals surface area contributed by atoms with Crippen LogP contribution in [0.2, 0.25) is 0 Å². The van der Waals surface area contributed by atoms with E-state index >= 15 is 0 Å². The van der Waals surface area contributed by atoms with E-state index in [1.165, 1.54) is 0 Å². The lowest BCUT2D eigenvalue weighted by Crippen LogP contribution is -2.40. The topological polar surface area (TPSA) is 99.5 Å². The molecule has 2 aromatic heterocycles. The molecular formula is C22H35N7O3. The van der Waals surface area contributed by atoms with Crippen molar-refractivity contribution in [1.29, 1.82) is 0 Å². The number of nitrogens with one attached hydrogen (secondary N) is 1. The number of rotatable bonds is 7. The van der Waals surface area contributed by atoms with E-state index in [4.69, 9.17) is 4.98 Å². The maximum Gasteiger partial charge on any atom is 0.330 e. The van der Waals surface area contributed by atoms with E-state index in [0.29, 0.717) is 30.8 Å². The Morgan fingerprint density at radius 3 is 2.47 bits per heavy atom. The highest BCUT2D eigenvalue weighted by Crippen LogP contribution is 2.14. The third-order valence-electron chi connectivity index (χ3n) is 6.70. The molecule has 0 aliphatic carbocycles. The minimum Gasteiger partial charge on any atom is -0.342 e. The molecule has 32 heavy (non-hydrogen) atoms. The number of aromatic amines is 1. The molecule has 10 nitrogen and oxygen atoms in total. The Balaban J connectivity index is 1.45. The third-order valence-corrected chi connectivity index (χ3v) is 6.70. The average molecular weight is 446 g/mol. The first kappa shape index (κ1) is 22.7. The van der Waals surface area contributed by atoms with Crippen LogP contribution >= 0.6 is 0 Å². The molecule has 0 aromatic carbocycles. The Kier molecular flexibility index (Phi) is 7.10. The van der Waals surface area contributed by atoms with E-state index in [2.05, 4.69) is 21.7 Å². The van der Waals surface area contributed by atoms with Crippen molar-refractivity contribution in [3.8, 4) is 0 Å². The Morgan fingerprint density at radius 2 is 1.72 bits per heavy atom. The van der Waals surface area contributed by atoms with Crippen molar-refractivity contribution in [2.45, 2.75) is 52.1 Å². The molecule has 2 fully saturated rings. The van der Waals surface area contributed by atoms with Crippen LogP contribution in [-0.2, 0) is 24.9 Å². The van der Waals surface area contributed by atoms with Gasteiger partial charge in [-0.25, -0.2) is 9.78 Å². The molecule has 0 radical (unpaired) electrons. The second kappa shape index (κ2) is 9.99. The highest BCUT2D eigenvalue weighted by atomic mass is 16.2. The Morgan fingerprint density at radius 1 is 1.00 bits per heavy atom. The van der Waals surface area contributed by atoms with Gasteiger partial charge in [0.15, 0.2) is 11.2 Å². The van der Waals surface area contributed by atoms with Gasteiger partial charge in [0.25, 0.3) is 5.56 Å². The molecule has 0 atom stereocenters. The smallest absolute Gasteiger partial charge is 0.330 e. The van der Waals surface area contributed by atoms with E-state index in [1.807, 2.05) is 16.5 Å². The van der Waals surface area contributed by atoms with E-state index in [9.17, 15) is 14.4 Å². The van der Waals surface area contributed by atoms with Gasteiger partial charge < -0.3 is 9.47 Å². The lowest BCUT2D eigenvalue weighted by Gasteiger charge is -2.23. The predicted octanol–water partition coefficient (Wildman–Crippen LogP) is 0.354. The summed E-state index contributed by atoms with van der Waals surface area (Å²) in [7, 11) is 1.84. The minimum atomic E-state index is -0.395. The van der Waals surface area contributed by atoms with Crippen LogP contribution in [0.25, 0.3) is 11.2 Å². The fraction of sp³-hybridized carbons (Fsp3) is 0.727. The number of hydrogen-bond acceptors (Lipinski definition) is 6. The van der Waals surface area contributed by atoms with Crippen LogP contribution in [-0.4, -0.2) is 85.5 Å². The first-order valence-electron chi connectivity index (χ1n) is 11.9. The zero-order valence-electron chi connectivity index (χ0n) is 19.3. The lowest BCUT2D eigenvalue weighted by atomic mass is 10.3. The van der Waals surface area contributed by atoms with Crippen molar-refractivity contribution < 1.29 is 4.79 Å². The second-order valence-corrected chi connectivity index (χ2v) is 9.02. The van der Waals surface area contributed by atoms with E-state index in [-0.39, 0.29) is 11.5 Å². The molecule has 2 saturated heterocycles. The van der Waals surface area contributed by atoms with Crippen LogP contribution in [0.3, 0.4) is 0 Å². The van der Waals surface area contributed by atoms with Crippen molar-refractivity contribution in [2.75, 3.05) is 45.8 Å². The molecule has 176 valence electrons. The van der Waals surface area contributed by atoms with Gasteiger partial charge in [-0.1, -0.05) is 13.3 Å². The van der Waals surface area contributed by atoms with Gasteiger partial charge in [0.1, 0.15) is 5.82 Å². The molecule has 2 aliphatic rings. The van der Waals surface area contributed by atoms with Crippen LogP contribution in [0, 0.1) is 0 Å². The van der Waals surface area contributed by atoms with Gasteiger partial charge in [-0.3, -0.25) is 28.9 Å². The summed E-state index contributed by atoms with van der Waals surface area (Å²) in [6.45, 7) is 9.02. The van der Waals surface area contributed by atoms with Crippen LogP contribution in [0.15, 0.2) is 9.59 Å². The van der Waals surface area contributed by atoms with Crippen LogP contribution < -0.4 is 11.2 Å². The van der Waals surface area contributed by atoms with Crippen molar-refractivity contribution in [1.82, 2.24) is 33.8 Å². The van der Waals surface area contributed by atoms with E-state index in [1.54, 1.807) is 4.57 Å². The number of hydrogen-bond donors (Lipinski definition) is 1. The number of amides is 1. The molecule has 1 amide bonds. The molecular weight excluding hydrogens is 410 g/mol. The predicted molar refractivity (Wildman–Crippen MR) is 123 cm³/mol. The summed E-state index contributed by atoms with van der Waals surface area (Å²) in [5, 5.41) is 0. The van der Waals surface area contributed by atoms with E-state index in [0.717, 1.165) is 77.2 Å². The first-order chi connectivity index (χ1) is 15.5. The van der Waals surface area contributed by atoms with Gasteiger partial charge in [-0.15, -0.1) is 0 Å². The molecule has 4 rings (SSSR count). The summed E-state index contributed by atoms with van der Waals surface area (Å²) in [5.41, 5.74) is 0.135. The summed E-state index contributed by atoms with van der Waals surface area (Å²) >= 11 is 0. The van der Waals surface area contributed by atoms with E-state index < -0.39 is 5.69 Å². The highest BCUT2D eigenvalue weighted by molar-refractivity contribution is 5.78. The Bertz CT molecular complexity index is 1060. The van der Waals surface area contributed by atoms with Gasteiger partial charge in [0.2, 0.25) is 5.91 Å². The average Bonchev–Trinajstić information content (AvgIpc) is 3.34. The fourth-order valence-corrected chi connectivity index (χ4v) is 4.75. The Labute approximate surface area is 187 Å². The highest BCUT2D eigenvalue weighted by Gasteiger charge is 2.23. The molecule has 2 aliphatic heterocycles. The minimum absolute atomic E-state index is 0.246. The SMILES string of the molecule is CCCCn1c(=O)[nH]c(=O)c2c1nc(CN1CCCN(CC(=O)N3CCCC3)CC1)n2C. The molecule has 4 heterocycles. The summed E-state index contributed by atoms with van der Waals surface area (Å²) in [6.07, 6.45) is 5.03. The van der Waals surface area contributed by atoms with Crippen LogP contribution in [0.4, 0.5) is 0 Å². The monoisotopic (exact) mass is 445 g/mol. The molecule has 10 heteroatoms. The normalized spacial score (nSPS) is 18.5. The Hall–Kier alpha value is -2.46. The summed E-state index contributed by atoms with van der Waals surface area (Å²) in [6, 6.07) is 0. The molecule has 0 unspecified atom stereocenters. The largest absolute Gasteiger partial charge is 0.342 e. The lowest BCUT2D eigenvalue weighted by molar-refractivity contribution is -0.131. The summed E-state index contributed by atoms with van der Waals surface area (Å²) in [5.74, 6) is 1.03. The zero-order chi connectivity index (χ0) is 22.7. The zero-order valence-corrected chi connectivity index (χ0v) is 19.3. The van der Waals surface area contributed by atoms with Crippen LogP contribution in [0.5, 0.6) is 0 Å². The summed E-state index contributed by atoms with van der Waals surface area (Å²) in [4.78, 5) is 51.0. The fourth-order valence-electron chi connectivity index (χ4n) is 4.75. The number of nitrogens with zero attached hydrogens (tertiary/aromatic N) is 6.